The lowest BCUT2D eigenvalue weighted by molar-refractivity contribution is 0.0755. The first kappa shape index (κ1) is 16.5. The molecule has 0 aliphatic heterocycles. The Hall–Kier alpha value is -0.603. The van der Waals surface area contributed by atoms with E-state index < -0.39 is 13.7 Å². The van der Waals surface area contributed by atoms with Gasteiger partial charge in [-0.25, -0.2) is 0 Å². The van der Waals surface area contributed by atoms with E-state index in [9.17, 15) is 5.11 Å². The summed E-state index contributed by atoms with van der Waals surface area (Å²) in [4.78, 5) is 0. The molecule has 2 heteroatoms. The molecular formula is C17H30OSi. The van der Waals surface area contributed by atoms with Crippen LogP contribution in [0.4, 0.5) is 0 Å². The largest absolute Gasteiger partial charge is 0.386 e. The van der Waals surface area contributed by atoms with Crippen molar-refractivity contribution in [1.82, 2.24) is 0 Å². The molecule has 0 spiro atoms. The fourth-order valence-corrected chi connectivity index (χ4v) is 6.71. The lowest BCUT2D eigenvalue weighted by Crippen LogP contribution is -2.46. The second kappa shape index (κ2) is 5.41. The summed E-state index contributed by atoms with van der Waals surface area (Å²) in [5.41, 5.74) is 0.318. The Morgan fingerprint density at radius 2 is 1.53 bits per heavy atom. The van der Waals surface area contributed by atoms with E-state index in [1.165, 1.54) is 0 Å². The standard InChI is InChI=1S/C17H30OSi/c1-14(2)16(3,4)19(6,7)13-17(5,18)15-11-9-8-10-12-15/h8-12,14,18H,13H2,1-7H3. The lowest BCUT2D eigenvalue weighted by Gasteiger charge is -2.46. The van der Waals surface area contributed by atoms with Gasteiger partial charge in [0.1, 0.15) is 0 Å². The first-order valence-electron chi connectivity index (χ1n) is 7.28. The van der Waals surface area contributed by atoms with Crippen molar-refractivity contribution in [2.45, 2.75) is 64.4 Å². The second-order valence-electron chi connectivity index (χ2n) is 7.58. The summed E-state index contributed by atoms with van der Waals surface area (Å²) in [6, 6.07) is 11.0. The highest BCUT2D eigenvalue weighted by Crippen LogP contribution is 2.49. The van der Waals surface area contributed by atoms with Crippen LogP contribution in [-0.2, 0) is 5.60 Å². The van der Waals surface area contributed by atoms with Gasteiger partial charge >= 0.3 is 0 Å². The molecular weight excluding hydrogens is 248 g/mol. The Morgan fingerprint density at radius 3 is 1.95 bits per heavy atom. The minimum Gasteiger partial charge on any atom is -0.386 e. The molecule has 1 nitrogen and oxygen atoms in total. The molecule has 19 heavy (non-hydrogen) atoms. The van der Waals surface area contributed by atoms with Crippen LogP contribution in [0.5, 0.6) is 0 Å². The summed E-state index contributed by atoms with van der Waals surface area (Å²) in [5, 5.41) is 11.2. The zero-order valence-corrected chi connectivity index (χ0v) is 14.6. The second-order valence-corrected chi connectivity index (χ2v) is 13.0. The van der Waals surface area contributed by atoms with Crippen LogP contribution in [0.15, 0.2) is 30.3 Å². The van der Waals surface area contributed by atoms with E-state index in [1.807, 2.05) is 37.3 Å². The molecule has 0 radical (unpaired) electrons. The molecule has 0 amide bonds. The van der Waals surface area contributed by atoms with Crippen LogP contribution in [0.2, 0.25) is 24.2 Å². The highest BCUT2D eigenvalue weighted by atomic mass is 28.3. The summed E-state index contributed by atoms with van der Waals surface area (Å²) in [6.07, 6.45) is 0. The predicted octanol–water partition coefficient (Wildman–Crippen LogP) is 5.04. The molecule has 0 aromatic heterocycles. The van der Waals surface area contributed by atoms with Crippen LogP contribution < -0.4 is 0 Å². The van der Waals surface area contributed by atoms with E-state index in [4.69, 9.17) is 0 Å². The van der Waals surface area contributed by atoms with Crippen LogP contribution in [0.25, 0.3) is 0 Å². The molecule has 0 saturated carbocycles. The number of benzene rings is 1. The molecule has 1 atom stereocenters. The molecule has 0 bridgehead atoms. The van der Waals surface area contributed by atoms with Crippen molar-refractivity contribution in [3.8, 4) is 0 Å². The zero-order chi connectivity index (χ0) is 14.9. The SMILES string of the molecule is CC(C)C(C)(C)[Si](C)(C)CC(C)(O)c1ccccc1. The minimum absolute atomic E-state index is 0.311. The van der Waals surface area contributed by atoms with Crippen molar-refractivity contribution >= 4 is 8.07 Å². The van der Waals surface area contributed by atoms with Gasteiger partial charge in [-0.2, -0.15) is 0 Å². The molecule has 0 fully saturated rings. The van der Waals surface area contributed by atoms with Gasteiger partial charge < -0.3 is 5.11 Å². The Morgan fingerprint density at radius 1 is 1.05 bits per heavy atom. The highest BCUT2D eigenvalue weighted by molar-refractivity contribution is 6.80. The lowest BCUT2D eigenvalue weighted by atomic mass is 9.98. The number of rotatable bonds is 5. The van der Waals surface area contributed by atoms with E-state index in [1.54, 1.807) is 0 Å². The maximum atomic E-state index is 10.9. The molecule has 1 aromatic carbocycles. The van der Waals surface area contributed by atoms with Crippen molar-refractivity contribution in [3.63, 3.8) is 0 Å². The monoisotopic (exact) mass is 278 g/mol. The van der Waals surface area contributed by atoms with E-state index in [0.29, 0.717) is 11.0 Å². The summed E-state index contributed by atoms with van der Waals surface area (Å²) in [7, 11) is -1.56. The van der Waals surface area contributed by atoms with Crippen LogP contribution >= 0.6 is 0 Å². The quantitative estimate of drug-likeness (QED) is 0.748. The summed E-state index contributed by atoms with van der Waals surface area (Å²) in [6.45, 7) is 16.1. The minimum atomic E-state index is -1.56. The van der Waals surface area contributed by atoms with Gasteiger partial charge in [0.2, 0.25) is 0 Å². The average molecular weight is 279 g/mol. The first-order chi connectivity index (χ1) is 8.51. The molecule has 1 unspecified atom stereocenters. The molecule has 108 valence electrons. The Kier molecular flexibility index (Phi) is 4.69. The van der Waals surface area contributed by atoms with E-state index in [2.05, 4.69) is 40.8 Å². The van der Waals surface area contributed by atoms with Crippen molar-refractivity contribution in [2.24, 2.45) is 5.92 Å². The van der Waals surface area contributed by atoms with Crippen LogP contribution in [0, 0.1) is 5.92 Å². The Bertz CT molecular complexity index is 405. The molecule has 0 heterocycles. The predicted molar refractivity (Wildman–Crippen MR) is 87.2 cm³/mol. The van der Waals surface area contributed by atoms with Gasteiger partial charge in [0.25, 0.3) is 0 Å². The highest BCUT2D eigenvalue weighted by Gasteiger charge is 2.45. The first-order valence-corrected chi connectivity index (χ1v) is 10.5. The van der Waals surface area contributed by atoms with Gasteiger partial charge in [0.15, 0.2) is 0 Å². The number of hydrogen-bond donors (Lipinski definition) is 1. The van der Waals surface area contributed by atoms with Gasteiger partial charge in [0, 0.05) is 0 Å². The maximum absolute atomic E-state index is 10.9. The van der Waals surface area contributed by atoms with Crippen molar-refractivity contribution < 1.29 is 5.11 Å². The summed E-state index contributed by atoms with van der Waals surface area (Å²) >= 11 is 0. The smallest absolute Gasteiger partial charge is 0.0845 e. The Balaban J connectivity index is 3.01. The fraction of sp³-hybridized carbons (Fsp3) is 0.647. The van der Waals surface area contributed by atoms with Gasteiger partial charge in [0.05, 0.1) is 13.7 Å². The number of aliphatic hydroxyl groups is 1. The van der Waals surface area contributed by atoms with Gasteiger partial charge in [-0.3, -0.25) is 0 Å². The summed E-state index contributed by atoms with van der Waals surface area (Å²) in [5.74, 6) is 0.640. The van der Waals surface area contributed by atoms with Crippen LogP contribution in [-0.4, -0.2) is 13.2 Å². The molecule has 1 rings (SSSR count). The topological polar surface area (TPSA) is 20.2 Å². The zero-order valence-electron chi connectivity index (χ0n) is 13.6. The molecule has 0 saturated heterocycles. The molecule has 1 N–H and O–H groups in total. The molecule has 0 aliphatic carbocycles. The average Bonchev–Trinajstić information content (AvgIpc) is 2.28. The van der Waals surface area contributed by atoms with E-state index in [-0.39, 0.29) is 0 Å². The van der Waals surface area contributed by atoms with Crippen LogP contribution in [0.3, 0.4) is 0 Å². The van der Waals surface area contributed by atoms with Crippen molar-refractivity contribution in [3.05, 3.63) is 35.9 Å². The normalized spacial score (nSPS) is 16.5. The van der Waals surface area contributed by atoms with Crippen molar-refractivity contribution in [1.29, 1.82) is 0 Å². The van der Waals surface area contributed by atoms with Gasteiger partial charge in [-0.05, 0) is 29.5 Å². The Labute approximate surface area is 120 Å². The maximum Gasteiger partial charge on any atom is 0.0845 e. The van der Waals surface area contributed by atoms with Gasteiger partial charge in [-0.15, -0.1) is 0 Å². The van der Waals surface area contributed by atoms with E-state index in [0.717, 1.165) is 11.6 Å². The van der Waals surface area contributed by atoms with Crippen LogP contribution in [0.1, 0.15) is 40.2 Å². The third kappa shape index (κ3) is 3.49. The van der Waals surface area contributed by atoms with E-state index >= 15 is 0 Å². The number of hydrogen-bond acceptors (Lipinski definition) is 1. The van der Waals surface area contributed by atoms with Gasteiger partial charge in [-0.1, -0.05) is 71.1 Å². The third-order valence-corrected chi connectivity index (χ3v) is 11.0. The summed E-state index contributed by atoms with van der Waals surface area (Å²) < 4.78 is 0. The fourth-order valence-electron chi connectivity index (χ4n) is 2.77. The molecule has 0 aliphatic rings. The third-order valence-electron chi connectivity index (χ3n) is 5.37. The van der Waals surface area contributed by atoms with Crippen molar-refractivity contribution in [2.75, 3.05) is 0 Å². The molecule has 1 aromatic rings.